The van der Waals surface area contributed by atoms with Crippen molar-refractivity contribution in [3.05, 3.63) is 59.4 Å². The van der Waals surface area contributed by atoms with E-state index in [2.05, 4.69) is 24.9 Å². The fraction of sp³-hybridized carbons (Fsp3) is 0.294. The number of benzene rings is 1. The van der Waals surface area contributed by atoms with Crippen molar-refractivity contribution in [2.45, 2.75) is 32.8 Å². The molecule has 0 aliphatic carbocycles. The fourth-order valence-electron chi connectivity index (χ4n) is 2.03. The minimum atomic E-state index is -0.975. The molecule has 0 aliphatic rings. The van der Waals surface area contributed by atoms with Crippen LogP contribution >= 0.6 is 0 Å². The van der Waals surface area contributed by atoms with Gasteiger partial charge in [0.05, 0.1) is 11.3 Å². The van der Waals surface area contributed by atoms with Gasteiger partial charge in [0.2, 0.25) is 0 Å². The molecule has 0 radical (unpaired) electrons. The number of carbonyl (C=O) groups is 1. The van der Waals surface area contributed by atoms with Gasteiger partial charge in [0.15, 0.2) is 0 Å². The summed E-state index contributed by atoms with van der Waals surface area (Å²) in [6.45, 7) is 4.64. The number of pyridine rings is 1. The molecule has 1 N–H and O–H groups in total. The first-order valence-corrected chi connectivity index (χ1v) is 7.01. The van der Waals surface area contributed by atoms with Gasteiger partial charge < -0.3 is 9.84 Å². The number of rotatable bonds is 6. The molecule has 110 valence electrons. The Hall–Kier alpha value is -2.36. The van der Waals surface area contributed by atoms with Crippen LogP contribution in [0.5, 0.6) is 5.75 Å². The van der Waals surface area contributed by atoms with Crippen LogP contribution in [0, 0.1) is 0 Å². The van der Waals surface area contributed by atoms with Crippen LogP contribution in [0.4, 0.5) is 0 Å². The fourth-order valence-corrected chi connectivity index (χ4v) is 2.03. The number of aromatic carboxylic acids is 1. The van der Waals surface area contributed by atoms with Crippen LogP contribution in [0.2, 0.25) is 0 Å². The summed E-state index contributed by atoms with van der Waals surface area (Å²) in [5, 5.41) is 8.84. The molecule has 0 spiro atoms. The van der Waals surface area contributed by atoms with Crippen LogP contribution in [0.15, 0.2) is 42.6 Å². The summed E-state index contributed by atoms with van der Waals surface area (Å²) in [4.78, 5) is 14.9. The molecule has 4 heteroatoms. The van der Waals surface area contributed by atoms with E-state index in [-0.39, 0.29) is 5.56 Å². The Morgan fingerprint density at radius 1 is 1.29 bits per heavy atom. The molecular formula is C17H19NO3. The van der Waals surface area contributed by atoms with Gasteiger partial charge in [-0.05, 0) is 36.1 Å². The maximum Gasteiger partial charge on any atom is 0.337 e. The lowest BCUT2D eigenvalue weighted by Gasteiger charge is -2.15. The summed E-state index contributed by atoms with van der Waals surface area (Å²) in [6.07, 6.45) is 2.40. The summed E-state index contributed by atoms with van der Waals surface area (Å²) >= 11 is 0. The van der Waals surface area contributed by atoms with E-state index < -0.39 is 5.97 Å². The van der Waals surface area contributed by atoms with Crippen molar-refractivity contribution in [1.29, 1.82) is 0 Å². The van der Waals surface area contributed by atoms with Gasteiger partial charge in [-0.1, -0.05) is 32.0 Å². The molecule has 1 atom stereocenters. The highest BCUT2D eigenvalue weighted by Crippen LogP contribution is 2.28. The van der Waals surface area contributed by atoms with Crippen molar-refractivity contribution in [2.75, 3.05) is 0 Å². The second kappa shape index (κ2) is 6.88. The first kappa shape index (κ1) is 15.0. The van der Waals surface area contributed by atoms with E-state index in [1.165, 1.54) is 17.8 Å². The third-order valence-corrected chi connectivity index (χ3v) is 3.51. The monoisotopic (exact) mass is 285 g/mol. The van der Waals surface area contributed by atoms with Crippen LogP contribution in [-0.4, -0.2) is 16.1 Å². The quantitative estimate of drug-likeness (QED) is 0.875. The first-order chi connectivity index (χ1) is 10.1. The van der Waals surface area contributed by atoms with E-state index >= 15 is 0 Å². The van der Waals surface area contributed by atoms with Gasteiger partial charge in [-0.3, -0.25) is 4.98 Å². The number of nitrogens with zero attached hydrogens (tertiary/aromatic N) is 1. The lowest BCUT2D eigenvalue weighted by atomic mass is 9.98. The van der Waals surface area contributed by atoms with Gasteiger partial charge in [-0.15, -0.1) is 0 Å². The van der Waals surface area contributed by atoms with Crippen LogP contribution in [-0.2, 0) is 6.61 Å². The number of aromatic nitrogens is 1. The summed E-state index contributed by atoms with van der Waals surface area (Å²) in [6, 6.07) is 11.2. The Balaban J connectivity index is 2.08. The Labute approximate surface area is 124 Å². The summed E-state index contributed by atoms with van der Waals surface area (Å²) in [5.41, 5.74) is 2.07. The number of para-hydroxylation sites is 1. The van der Waals surface area contributed by atoms with Crippen LogP contribution in [0.3, 0.4) is 0 Å². The summed E-state index contributed by atoms with van der Waals surface area (Å²) in [5.74, 6) is 0.316. The van der Waals surface area contributed by atoms with Crippen molar-refractivity contribution in [2.24, 2.45) is 0 Å². The minimum Gasteiger partial charge on any atom is -0.487 e. The smallest absolute Gasteiger partial charge is 0.337 e. The molecule has 0 saturated carbocycles. The van der Waals surface area contributed by atoms with Crippen LogP contribution < -0.4 is 4.74 Å². The third-order valence-electron chi connectivity index (χ3n) is 3.51. The lowest BCUT2D eigenvalue weighted by Crippen LogP contribution is -2.04. The zero-order chi connectivity index (χ0) is 15.2. The van der Waals surface area contributed by atoms with E-state index in [4.69, 9.17) is 9.84 Å². The largest absolute Gasteiger partial charge is 0.487 e. The molecule has 0 aliphatic heterocycles. The predicted octanol–water partition coefficient (Wildman–Crippen LogP) is 3.87. The predicted molar refractivity (Wildman–Crippen MR) is 80.7 cm³/mol. The number of hydrogen-bond acceptors (Lipinski definition) is 3. The zero-order valence-corrected chi connectivity index (χ0v) is 12.2. The molecule has 0 saturated heterocycles. The number of ether oxygens (including phenoxy) is 1. The molecule has 1 heterocycles. The Morgan fingerprint density at radius 2 is 2.05 bits per heavy atom. The highest BCUT2D eigenvalue weighted by Gasteiger charge is 2.10. The first-order valence-electron chi connectivity index (χ1n) is 7.01. The zero-order valence-electron chi connectivity index (χ0n) is 12.2. The van der Waals surface area contributed by atoms with Crippen molar-refractivity contribution >= 4 is 5.97 Å². The van der Waals surface area contributed by atoms with E-state index in [0.29, 0.717) is 18.2 Å². The molecule has 2 aromatic rings. The number of carboxylic acid groups (broad SMARTS) is 1. The molecular weight excluding hydrogens is 266 g/mol. The molecule has 4 nitrogen and oxygen atoms in total. The Morgan fingerprint density at radius 3 is 2.67 bits per heavy atom. The number of carboxylic acids is 1. The lowest BCUT2D eigenvalue weighted by molar-refractivity contribution is 0.0696. The highest BCUT2D eigenvalue weighted by molar-refractivity contribution is 5.87. The van der Waals surface area contributed by atoms with Crippen LogP contribution in [0.1, 0.15) is 47.8 Å². The van der Waals surface area contributed by atoms with Gasteiger partial charge in [0, 0.05) is 6.20 Å². The van der Waals surface area contributed by atoms with Gasteiger partial charge in [0.25, 0.3) is 0 Å². The maximum atomic E-state index is 10.8. The SMILES string of the molecule is CCC(C)c1ccccc1OCc1ccc(C(=O)O)cn1. The summed E-state index contributed by atoms with van der Waals surface area (Å²) < 4.78 is 5.84. The second-order valence-corrected chi connectivity index (χ2v) is 4.98. The molecule has 1 aromatic carbocycles. The van der Waals surface area contributed by atoms with Gasteiger partial charge >= 0.3 is 5.97 Å². The molecule has 2 rings (SSSR count). The topological polar surface area (TPSA) is 59.4 Å². The standard InChI is InChI=1S/C17H19NO3/c1-3-12(2)15-6-4-5-7-16(15)21-11-14-9-8-13(10-18-14)17(19)20/h4-10,12H,3,11H2,1-2H3,(H,19,20). The Bertz CT molecular complexity index is 608. The Kier molecular flexibility index (Phi) is 4.93. The molecule has 1 unspecified atom stereocenters. The van der Waals surface area contributed by atoms with Gasteiger partial charge in [-0.25, -0.2) is 4.79 Å². The van der Waals surface area contributed by atoms with E-state index in [0.717, 1.165) is 12.2 Å². The van der Waals surface area contributed by atoms with Crippen molar-refractivity contribution in [3.63, 3.8) is 0 Å². The van der Waals surface area contributed by atoms with E-state index in [9.17, 15) is 4.79 Å². The molecule has 21 heavy (non-hydrogen) atoms. The minimum absolute atomic E-state index is 0.179. The molecule has 1 aromatic heterocycles. The van der Waals surface area contributed by atoms with Gasteiger partial charge in [-0.2, -0.15) is 0 Å². The van der Waals surface area contributed by atoms with Crippen LogP contribution in [0.25, 0.3) is 0 Å². The average Bonchev–Trinajstić information content (AvgIpc) is 2.52. The highest BCUT2D eigenvalue weighted by atomic mass is 16.5. The normalized spacial score (nSPS) is 11.9. The average molecular weight is 285 g/mol. The van der Waals surface area contributed by atoms with Crippen molar-refractivity contribution in [3.8, 4) is 5.75 Å². The van der Waals surface area contributed by atoms with Crippen molar-refractivity contribution < 1.29 is 14.6 Å². The van der Waals surface area contributed by atoms with E-state index in [1.54, 1.807) is 6.07 Å². The molecule has 0 fully saturated rings. The van der Waals surface area contributed by atoms with Crippen molar-refractivity contribution in [1.82, 2.24) is 4.98 Å². The van der Waals surface area contributed by atoms with E-state index in [1.807, 2.05) is 18.2 Å². The third kappa shape index (κ3) is 3.81. The molecule has 0 amide bonds. The maximum absolute atomic E-state index is 10.8. The summed E-state index contributed by atoms with van der Waals surface area (Å²) in [7, 11) is 0. The second-order valence-electron chi connectivity index (χ2n) is 4.98. The molecule has 0 bridgehead atoms. The number of hydrogen-bond donors (Lipinski definition) is 1. The van der Waals surface area contributed by atoms with Gasteiger partial charge in [0.1, 0.15) is 12.4 Å².